The first-order chi connectivity index (χ1) is 13.6. The summed E-state index contributed by atoms with van der Waals surface area (Å²) in [6.07, 6.45) is 6.75. The van der Waals surface area contributed by atoms with Crippen molar-refractivity contribution >= 4 is 15.9 Å². The Morgan fingerprint density at radius 2 is 1.64 bits per heavy atom. The minimum absolute atomic E-state index is 0.107. The van der Waals surface area contributed by atoms with Crippen LogP contribution in [0.25, 0.3) is 0 Å². The van der Waals surface area contributed by atoms with E-state index in [9.17, 15) is 13.2 Å². The summed E-state index contributed by atoms with van der Waals surface area (Å²) in [4.78, 5) is 19.5. The molecule has 0 unspecified atom stereocenters. The number of sulfonamides is 1. The lowest BCUT2D eigenvalue weighted by Crippen LogP contribution is -2.44. The van der Waals surface area contributed by atoms with Gasteiger partial charge in [0.05, 0.1) is 4.90 Å². The molecule has 2 aromatic rings. The van der Waals surface area contributed by atoms with Gasteiger partial charge < -0.3 is 4.90 Å². The van der Waals surface area contributed by atoms with E-state index in [2.05, 4.69) is 4.98 Å². The first-order valence-corrected chi connectivity index (χ1v) is 11.2. The van der Waals surface area contributed by atoms with Crippen LogP contribution in [0.4, 0.5) is 0 Å². The summed E-state index contributed by atoms with van der Waals surface area (Å²) in [6.45, 7) is 1.39. The lowest BCUT2D eigenvalue weighted by atomic mass is 9.96. The van der Waals surface area contributed by atoms with E-state index in [0.717, 1.165) is 18.4 Å². The topological polar surface area (TPSA) is 70.6 Å². The van der Waals surface area contributed by atoms with Gasteiger partial charge in [0, 0.05) is 44.0 Å². The number of amides is 1. The molecule has 1 saturated carbocycles. The summed E-state index contributed by atoms with van der Waals surface area (Å²) in [7, 11) is -3.48. The SMILES string of the molecule is O=C(C1CCN(S(=O)(=O)c2ccccc2)CC1)N(Cc1ccncc1)C1CC1. The van der Waals surface area contributed by atoms with Gasteiger partial charge in [-0.25, -0.2) is 8.42 Å². The van der Waals surface area contributed by atoms with Gasteiger partial charge in [-0.2, -0.15) is 4.31 Å². The third-order valence-corrected chi connectivity index (χ3v) is 7.47. The molecule has 1 aromatic heterocycles. The molecular weight excluding hydrogens is 374 g/mol. The van der Waals surface area contributed by atoms with E-state index in [1.165, 1.54) is 4.31 Å². The number of carbonyl (C=O) groups excluding carboxylic acids is 1. The van der Waals surface area contributed by atoms with Crippen LogP contribution in [0.1, 0.15) is 31.2 Å². The highest BCUT2D eigenvalue weighted by molar-refractivity contribution is 7.89. The molecule has 0 N–H and O–H groups in total. The van der Waals surface area contributed by atoms with Crippen molar-refractivity contribution < 1.29 is 13.2 Å². The number of aromatic nitrogens is 1. The van der Waals surface area contributed by atoms with Crippen molar-refractivity contribution in [2.75, 3.05) is 13.1 Å². The van der Waals surface area contributed by atoms with Gasteiger partial charge in [-0.05, 0) is 55.5 Å². The molecule has 6 nitrogen and oxygen atoms in total. The Hall–Kier alpha value is -2.25. The molecular formula is C21H25N3O3S. The summed E-state index contributed by atoms with van der Waals surface area (Å²) in [5.74, 6) is 0.0562. The Bertz CT molecular complexity index is 906. The molecule has 1 aromatic carbocycles. The van der Waals surface area contributed by atoms with Crippen LogP contribution in [0, 0.1) is 5.92 Å². The van der Waals surface area contributed by atoms with Gasteiger partial charge in [0.25, 0.3) is 0 Å². The van der Waals surface area contributed by atoms with Gasteiger partial charge in [0.1, 0.15) is 0 Å². The summed E-state index contributed by atoms with van der Waals surface area (Å²) >= 11 is 0. The van der Waals surface area contributed by atoms with Crippen LogP contribution in [0.3, 0.4) is 0 Å². The van der Waals surface area contributed by atoms with E-state index in [1.54, 1.807) is 42.7 Å². The van der Waals surface area contributed by atoms with Crippen molar-refractivity contribution in [1.82, 2.24) is 14.2 Å². The molecule has 2 aliphatic rings. The number of nitrogens with zero attached hydrogens (tertiary/aromatic N) is 3. The number of pyridine rings is 1. The molecule has 2 fully saturated rings. The van der Waals surface area contributed by atoms with Crippen LogP contribution in [-0.2, 0) is 21.4 Å². The highest BCUT2D eigenvalue weighted by Gasteiger charge is 2.38. The van der Waals surface area contributed by atoms with Gasteiger partial charge in [-0.3, -0.25) is 9.78 Å². The van der Waals surface area contributed by atoms with Crippen molar-refractivity contribution in [3.8, 4) is 0 Å². The Labute approximate surface area is 166 Å². The van der Waals surface area contributed by atoms with Crippen molar-refractivity contribution in [3.63, 3.8) is 0 Å². The van der Waals surface area contributed by atoms with E-state index in [0.29, 0.717) is 43.4 Å². The lowest BCUT2D eigenvalue weighted by molar-refractivity contribution is -0.138. The maximum Gasteiger partial charge on any atom is 0.243 e. The molecule has 4 rings (SSSR count). The highest BCUT2D eigenvalue weighted by atomic mass is 32.2. The summed E-state index contributed by atoms with van der Waals surface area (Å²) in [6, 6.07) is 12.7. The Balaban J connectivity index is 1.40. The number of hydrogen-bond donors (Lipinski definition) is 0. The van der Waals surface area contributed by atoms with Gasteiger partial charge in [0.2, 0.25) is 15.9 Å². The van der Waals surface area contributed by atoms with E-state index in [4.69, 9.17) is 0 Å². The average Bonchev–Trinajstić information content (AvgIpc) is 3.58. The monoisotopic (exact) mass is 399 g/mol. The fraction of sp³-hybridized carbons (Fsp3) is 0.429. The zero-order valence-corrected chi connectivity index (χ0v) is 16.6. The molecule has 1 amide bonds. The van der Waals surface area contributed by atoms with Crippen LogP contribution >= 0.6 is 0 Å². The minimum atomic E-state index is -3.48. The fourth-order valence-electron chi connectivity index (χ4n) is 3.78. The second-order valence-electron chi connectivity index (χ2n) is 7.54. The van der Waals surface area contributed by atoms with E-state index in [1.807, 2.05) is 17.0 Å². The molecule has 1 saturated heterocycles. The van der Waals surface area contributed by atoms with Gasteiger partial charge in [-0.1, -0.05) is 18.2 Å². The zero-order chi connectivity index (χ0) is 19.6. The smallest absolute Gasteiger partial charge is 0.243 e. The summed E-state index contributed by atoms with van der Waals surface area (Å²) in [5.41, 5.74) is 1.08. The Kier molecular flexibility index (Phi) is 5.46. The fourth-order valence-corrected chi connectivity index (χ4v) is 5.27. The summed E-state index contributed by atoms with van der Waals surface area (Å²) < 4.78 is 27.1. The maximum atomic E-state index is 13.2. The van der Waals surface area contributed by atoms with Crippen molar-refractivity contribution in [3.05, 3.63) is 60.4 Å². The second kappa shape index (κ2) is 8.01. The third-order valence-electron chi connectivity index (χ3n) is 5.56. The average molecular weight is 400 g/mol. The van der Waals surface area contributed by atoms with Crippen LogP contribution in [0.5, 0.6) is 0 Å². The zero-order valence-electron chi connectivity index (χ0n) is 15.8. The normalized spacial score (nSPS) is 18.7. The molecule has 0 atom stereocenters. The third kappa shape index (κ3) is 4.10. The largest absolute Gasteiger partial charge is 0.335 e. The van der Waals surface area contributed by atoms with E-state index < -0.39 is 10.0 Å². The van der Waals surface area contributed by atoms with Gasteiger partial charge >= 0.3 is 0 Å². The summed E-state index contributed by atoms with van der Waals surface area (Å²) in [5, 5.41) is 0. The molecule has 28 heavy (non-hydrogen) atoms. The predicted octanol–water partition coefficient (Wildman–Crippen LogP) is 2.67. The molecule has 1 aliphatic carbocycles. The van der Waals surface area contributed by atoms with Crippen LogP contribution in [-0.4, -0.2) is 47.6 Å². The quantitative estimate of drug-likeness (QED) is 0.749. The predicted molar refractivity (Wildman–Crippen MR) is 106 cm³/mol. The number of piperidine rings is 1. The Morgan fingerprint density at radius 1 is 1.00 bits per heavy atom. The molecule has 0 spiro atoms. The molecule has 2 heterocycles. The minimum Gasteiger partial charge on any atom is -0.335 e. The Morgan fingerprint density at radius 3 is 2.25 bits per heavy atom. The molecule has 7 heteroatoms. The van der Waals surface area contributed by atoms with Crippen LogP contribution in [0.2, 0.25) is 0 Å². The number of hydrogen-bond acceptors (Lipinski definition) is 4. The molecule has 148 valence electrons. The number of benzene rings is 1. The molecule has 0 bridgehead atoms. The van der Waals surface area contributed by atoms with Crippen LogP contribution in [0.15, 0.2) is 59.8 Å². The molecule has 0 radical (unpaired) electrons. The van der Waals surface area contributed by atoms with Crippen molar-refractivity contribution in [2.45, 2.75) is 43.2 Å². The van der Waals surface area contributed by atoms with E-state index >= 15 is 0 Å². The van der Waals surface area contributed by atoms with Gasteiger partial charge in [-0.15, -0.1) is 0 Å². The molecule has 1 aliphatic heterocycles. The van der Waals surface area contributed by atoms with Gasteiger partial charge in [0.15, 0.2) is 0 Å². The lowest BCUT2D eigenvalue weighted by Gasteiger charge is -2.34. The standard InChI is InChI=1S/C21H25N3O3S/c25-21(24(19-6-7-19)16-17-8-12-22-13-9-17)18-10-14-23(15-11-18)28(26,27)20-4-2-1-3-5-20/h1-5,8-9,12-13,18-19H,6-7,10-11,14-16H2. The van der Waals surface area contributed by atoms with E-state index in [-0.39, 0.29) is 11.8 Å². The maximum absolute atomic E-state index is 13.2. The van der Waals surface area contributed by atoms with Crippen molar-refractivity contribution in [2.24, 2.45) is 5.92 Å². The number of carbonyl (C=O) groups is 1. The first kappa shape index (κ1) is 19.1. The number of rotatable bonds is 6. The van der Waals surface area contributed by atoms with Crippen LogP contribution < -0.4 is 0 Å². The second-order valence-corrected chi connectivity index (χ2v) is 9.48. The van der Waals surface area contributed by atoms with Crippen molar-refractivity contribution in [1.29, 1.82) is 0 Å². The highest BCUT2D eigenvalue weighted by Crippen LogP contribution is 2.32. The first-order valence-electron chi connectivity index (χ1n) is 9.80.